The van der Waals surface area contributed by atoms with Crippen LogP contribution in [0.3, 0.4) is 0 Å². The molecule has 0 radical (unpaired) electrons. The molecular weight excluding hydrogens is 345 g/mol. The van der Waals surface area contributed by atoms with E-state index in [2.05, 4.69) is 11.9 Å². The molecule has 2 rings (SSSR count). The molecule has 1 aliphatic carbocycles. The second-order valence-corrected chi connectivity index (χ2v) is 7.68. The van der Waals surface area contributed by atoms with E-state index in [1.165, 1.54) is 45.1 Å². The van der Waals surface area contributed by atoms with Crippen molar-refractivity contribution in [3.63, 3.8) is 0 Å². The van der Waals surface area contributed by atoms with Crippen molar-refractivity contribution >= 4 is 30.7 Å². The highest BCUT2D eigenvalue weighted by Gasteiger charge is 2.34. The van der Waals surface area contributed by atoms with E-state index in [9.17, 15) is 4.79 Å². The zero-order valence-electron chi connectivity index (χ0n) is 15.5. The average molecular weight is 382 g/mol. The summed E-state index contributed by atoms with van der Waals surface area (Å²) < 4.78 is 0. The van der Waals surface area contributed by atoms with Crippen molar-refractivity contribution in [2.45, 2.75) is 70.3 Å². The Bertz CT molecular complexity index is 362. The van der Waals surface area contributed by atoms with Gasteiger partial charge in [-0.05, 0) is 57.7 Å². The van der Waals surface area contributed by atoms with Crippen LogP contribution < -0.4 is 5.73 Å². The fourth-order valence-corrected chi connectivity index (χ4v) is 4.19. The number of amides is 1. The van der Waals surface area contributed by atoms with Crippen molar-refractivity contribution in [2.24, 2.45) is 11.1 Å². The number of nitrogens with two attached hydrogens (primary N) is 1. The molecule has 4 nitrogen and oxygen atoms in total. The lowest BCUT2D eigenvalue weighted by Gasteiger charge is -2.37. The molecule has 0 spiro atoms. The number of carbonyl (C=O) groups is 1. The van der Waals surface area contributed by atoms with E-state index in [1.807, 2.05) is 11.9 Å². The minimum Gasteiger partial charge on any atom is -0.346 e. The predicted octanol–water partition coefficient (Wildman–Crippen LogP) is 3.46. The van der Waals surface area contributed by atoms with Crippen LogP contribution in [0.25, 0.3) is 0 Å². The lowest BCUT2D eigenvalue weighted by Crippen LogP contribution is -2.42. The van der Waals surface area contributed by atoms with Gasteiger partial charge < -0.3 is 15.5 Å². The number of hydrogen-bond donors (Lipinski definition) is 1. The van der Waals surface area contributed by atoms with E-state index < -0.39 is 0 Å². The molecule has 6 heteroatoms. The van der Waals surface area contributed by atoms with Gasteiger partial charge in [-0.2, -0.15) is 0 Å². The monoisotopic (exact) mass is 381 g/mol. The summed E-state index contributed by atoms with van der Waals surface area (Å²) in [6, 6.07) is 0.655. The summed E-state index contributed by atoms with van der Waals surface area (Å²) >= 11 is 0. The van der Waals surface area contributed by atoms with Gasteiger partial charge in [0.15, 0.2) is 0 Å². The first-order chi connectivity index (χ1) is 10.6. The highest BCUT2D eigenvalue weighted by molar-refractivity contribution is 5.85. The van der Waals surface area contributed by atoms with Crippen molar-refractivity contribution in [3.8, 4) is 0 Å². The predicted molar refractivity (Wildman–Crippen MR) is 106 cm³/mol. The average Bonchev–Trinajstić information content (AvgIpc) is 2.54. The molecule has 0 aromatic rings. The van der Waals surface area contributed by atoms with Gasteiger partial charge in [0.05, 0.1) is 0 Å². The minimum atomic E-state index is 0. The van der Waals surface area contributed by atoms with E-state index >= 15 is 0 Å². The maximum Gasteiger partial charge on any atom is 0.222 e. The standard InChI is InChI=1S/C18H35N3O.2ClH/c1-20-12-7-4-8-16(20)9-13-21(2)17(22)14-18(15-19)10-5-3-6-11-18;;/h16H,3-15,19H2,1-2H3;2*1H. The van der Waals surface area contributed by atoms with Crippen molar-refractivity contribution < 1.29 is 4.79 Å². The molecule has 1 unspecified atom stereocenters. The fraction of sp³-hybridized carbons (Fsp3) is 0.944. The number of rotatable bonds is 6. The zero-order chi connectivity index (χ0) is 16.0. The molecule has 0 bridgehead atoms. The van der Waals surface area contributed by atoms with Crippen molar-refractivity contribution in [1.29, 1.82) is 0 Å². The van der Waals surface area contributed by atoms with E-state index in [1.54, 1.807) is 0 Å². The zero-order valence-corrected chi connectivity index (χ0v) is 17.1. The smallest absolute Gasteiger partial charge is 0.222 e. The van der Waals surface area contributed by atoms with Crippen molar-refractivity contribution in [1.82, 2.24) is 9.80 Å². The third-order valence-corrected chi connectivity index (χ3v) is 6.02. The van der Waals surface area contributed by atoms with Gasteiger partial charge in [-0.25, -0.2) is 0 Å². The van der Waals surface area contributed by atoms with Gasteiger partial charge >= 0.3 is 0 Å². The summed E-state index contributed by atoms with van der Waals surface area (Å²) in [5.74, 6) is 0.297. The van der Waals surface area contributed by atoms with Gasteiger partial charge in [0, 0.05) is 26.1 Å². The third kappa shape index (κ3) is 6.70. The van der Waals surface area contributed by atoms with Crippen LogP contribution in [0.4, 0.5) is 0 Å². The Morgan fingerprint density at radius 3 is 2.42 bits per heavy atom. The number of carbonyl (C=O) groups excluding carboxylic acids is 1. The van der Waals surface area contributed by atoms with E-state index in [0.29, 0.717) is 24.9 Å². The Kier molecular flexibility index (Phi) is 11.5. The van der Waals surface area contributed by atoms with E-state index in [0.717, 1.165) is 25.8 Å². The highest BCUT2D eigenvalue weighted by atomic mass is 35.5. The van der Waals surface area contributed by atoms with Crippen LogP contribution in [0.1, 0.15) is 64.2 Å². The Labute approximate surface area is 160 Å². The maximum atomic E-state index is 12.6. The summed E-state index contributed by atoms with van der Waals surface area (Å²) in [6.07, 6.45) is 11.7. The van der Waals surface area contributed by atoms with Crippen LogP contribution >= 0.6 is 24.8 Å². The number of likely N-dealkylation sites (tertiary alicyclic amines) is 1. The largest absolute Gasteiger partial charge is 0.346 e. The van der Waals surface area contributed by atoms with E-state index in [4.69, 9.17) is 5.73 Å². The lowest BCUT2D eigenvalue weighted by molar-refractivity contribution is -0.133. The van der Waals surface area contributed by atoms with Crippen LogP contribution in [0.15, 0.2) is 0 Å². The Balaban J connectivity index is 0.00000264. The lowest BCUT2D eigenvalue weighted by atomic mass is 9.71. The van der Waals surface area contributed by atoms with Gasteiger partial charge in [0.1, 0.15) is 0 Å². The summed E-state index contributed by atoms with van der Waals surface area (Å²) in [4.78, 5) is 17.0. The summed E-state index contributed by atoms with van der Waals surface area (Å²) in [5, 5.41) is 0. The third-order valence-electron chi connectivity index (χ3n) is 6.02. The Hall–Kier alpha value is -0.0300. The molecule has 0 aromatic heterocycles. The van der Waals surface area contributed by atoms with Crippen LogP contribution in [0, 0.1) is 5.41 Å². The number of halogens is 2. The van der Waals surface area contributed by atoms with Gasteiger partial charge in [-0.1, -0.05) is 25.7 Å². The number of nitrogens with zero attached hydrogens (tertiary/aromatic N) is 2. The van der Waals surface area contributed by atoms with Gasteiger partial charge in [0.2, 0.25) is 5.91 Å². The highest BCUT2D eigenvalue weighted by Crippen LogP contribution is 2.38. The molecular formula is C18H37Cl2N3O. The second-order valence-electron chi connectivity index (χ2n) is 7.68. The van der Waals surface area contributed by atoms with Crippen molar-refractivity contribution in [3.05, 3.63) is 0 Å². The molecule has 1 aliphatic heterocycles. The summed E-state index contributed by atoms with van der Waals surface area (Å²) in [5.41, 5.74) is 6.11. The summed E-state index contributed by atoms with van der Waals surface area (Å²) in [7, 11) is 4.19. The molecule has 144 valence electrons. The van der Waals surface area contributed by atoms with Gasteiger partial charge in [-0.3, -0.25) is 4.79 Å². The van der Waals surface area contributed by atoms with Crippen molar-refractivity contribution in [2.75, 3.05) is 33.7 Å². The molecule has 2 fully saturated rings. The first kappa shape index (κ1) is 24.0. The maximum absolute atomic E-state index is 12.6. The summed E-state index contributed by atoms with van der Waals surface area (Å²) in [6.45, 7) is 2.76. The van der Waals surface area contributed by atoms with Gasteiger partial charge in [-0.15, -0.1) is 24.8 Å². The van der Waals surface area contributed by atoms with Crippen LogP contribution in [0.5, 0.6) is 0 Å². The van der Waals surface area contributed by atoms with E-state index in [-0.39, 0.29) is 30.2 Å². The molecule has 1 amide bonds. The number of hydrogen-bond acceptors (Lipinski definition) is 3. The quantitative estimate of drug-likeness (QED) is 0.765. The molecule has 1 atom stereocenters. The molecule has 1 saturated heterocycles. The SMILES string of the molecule is CN(CCC1CCCCN1C)C(=O)CC1(CN)CCCCC1.Cl.Cl. The topological polar surface area (TPSA) is 49.6 Å². The van der Waals surface area contributed by atoms with Gasteiger partial charge in [0.25, 0.3) is 0 Å². The Morgan fingerprint density at radius 1 is 1.17 bits per heavy atom. The van der Waals surface area contributed by atoms with Crippen LogP contribution in [-0.2, 0) is 4.79 Å². The molecule has 0 aromatic carbocycles. The molecule has 2 aliphatic rings. The number of piperidine rings is 1. The normalized spacial score (nSPS) is 23.7. The molecule has 2 N–H and O–H groups in total. The minimum absolute atomic E-state index is 0. The first-order valence-corrected chi connectivity index (χ1v) is 9.21. The van der Waals surface area contributed by atoms with Crippen LogP contribution in [0.2, 0.25) is 0 Å². The molecule has 1 saturated carbocycles. The second kappa shape index (κ2) is 11.6. The van der Waals surface area contributed by atoms with Crippen LogP contribution in [-0.4, -0.2) is 55.5 Å². The first-order valence-electron chi connectivity index (χ1n) is 9.21. The Morgan fingerprint density at radius 2 is 1.83 bits per heavy atom. The fourth-order valence-electron chi connectivity index (χ4n) is 4.19. The molecule has 1 heterocycles. The molecule has 24 heavy (non-hydrogen) atoms.